The summed E-state index contributed by atoms with van der Waals surface area (Å²) in [6.45, 7) is -0.967. The number of hydrogen-bond acceptors (Lipinski definition) is 10. The summed E-state index contributed by atoms with van der Waals surface area (Å²) < 4.78 is 26.9. The Hall–Kier alpha value is -2.92. The summed E-state index contributed by atoms with van der Waals surface area (Å²) in [5, 5.41) is 49.7. The van der Waals surface area contributed by atoms with Gasteiger partial charge in [-0.2, -0.15) is 0 Å². The molecule has 10 heteroatoms. The van der Waals surface area contributed by atoms with Crippen LogP contribution in [0.4, 0.5) is 0 Å². The number of rotatable bonds is 12. The predicted octanol–water partition coefficient (Wildman–Crippen LogP) is 0.796. The number of phenolic OH excluding ortho intramolecular Hbond substituents is 1. The molecule has 3 atom stereocenters. The van der Waals surface area contributed by atoms with Crippen LogP contribution in [0.5, 0.6) is 34.5 Å². The van der Waals surface area contributed by atoms with Gasteiger partial charge in [-0.15, -0.1) is 0 Å². The fourth-order valence-electron chi connectivity index (χ4n) is 3.16. The van der Waals surface area contributed by atoms with Crippen molar-refractivity contribution in [3.63, 3.8) is 0 Å². The van der Waals surface area contributed by atoms with Crippen molar-refractivity contribution < 1.29 is 49.2 Å². The molecule has 0 aliphatic heterocycles. The standard InChI is InChI=1S/C22H30O10/c1-28-15-8-13(9-16(29-2)21(15)27)20(26)19(11-24)32-22-17(30-3)6-12(5-14(25)10-23)7-18(22)31-4/h6-9,14,19-20,23-27H,5,10-11H2,1-4H3/t14-,19+,20-/m0/s1. The second-order valence-electron chi connectivity index (χ2n) is 6.93. The van der Waals surface area contributed by atoms with Crippen LogP contribution >= 0.6 is 0 Å². The molecule has 0 unspecified atom stereocenters. The first-order chi connectivity index (χ1) is 15.3. The topological polar surface area (TPSA) is 147 Å². The summed E-state index contributed by atoms with van der Waals surface area (Å²) in [7, 11) is 5.54. The smallest absolute Gasteiger partial charge is 0.204 e. The SMILES string of the molecule is COc1cc([C@H](O)[C@@H](CO)Oc2c(OC)cc(C[C@H](O)CO)cc2OC)cc(OC)c1O. The molecule has 0 fully saturated rings. The number of hydrogen-bond donors (Lipinski definition) is 5. The number of aliphatic hydroxyl groups excluding tert-OH is 4. The highest BCUT2D eigenvalue weighted by atomic mass is 16.6. The zero-order chi connectivity index (χ0) is 23.8. The van der Waals surface area contributed by atoms with E-state index in [9.17, 15) is 20.4 Å². The van der Waals surface area contributed by atoms with Gasteiger partial charge in [0.1, 0.15) is 6.10 Å². The minimum Gasteiger partial charge on any atom is -0.502 e. The van der Waals surface area contributed by atoms with E-state index < -0.39 is 31.5 Å². The zero-order valence-corrected chi connectivity index (χ0v) is 18.4. The number of aromatic hydroxyl groups is 1. The van der Waals surface area contributed by atoms with Gasteiger partial charge in [-0.1, -0.05) is 0 Å². The molecule has 2 aromatic carbocycles. The second-order valence-corrected chi connectivity index (χ2v) is 6.93. The van der Waals surface area contributed by atoms with Crippen LogP contribution in [-0.4, -0.2) is 79.4 Å². The Morgan fingerprint density at radius 2 is 1.25 bits per heavy atom. The summed E-state index contributed by atoms with van der Waals surface area (Å²) >= 11 is 0. The minimum absolute atomic E-state index is 0.0806. The Morgan fingerprint density at radius 1 is 0.750 bits per heavy atom. The van der Waals surface area contributed by atoms with Crippen LogP contribution < -0.4 is 23.7 Å². The highest BCUT2D eigenvalue weighted by Gasteiger charge is 2.28. The first kappa shape index (κ1) is 25.3. The first-order valence-corrected chi connectivity index (χ1v) is 9.77. The highest BCUT2D eigenvalue weighted by Crippen LogP contribution is 2.42. The lowest BCUT2D eigenvalue weighted by atomic mass is 10.0. The van der Waals surface area contributed by atoms with Crippen molar-refractivity contribution in [2.75, 3.05) is 41.7 Å². The number of aliphatic hydroxyl groups is 4. The summed E-state index contributed by atoms with van der Waals surface area (Å²) in [5.74, 6) is 0.561. The lowest BCUT2D eigenvalue weighted by Gasteiger charge is -2.26. The van der Waals surface area contributed by atoms with Crippen molar-refractivity contribution in [1.82, 2.24) is 0 Å². The summed E-state index contributed by atoms with van der Waals surface area (Å²) in [6.07, 6.45) is -3.29. The normalized spacial score (nSPS) is 13.8. The molecule has 2 aromatic rings. The van der Waals surface area contributed by atoms with Gasteiger partial charge < -0.3 is 49.2 Å². The van der Waals surface area contributed by atoms with Crippen molar-refractivity contribution in [3.8, 4) is 34.5 Å². The Kier molecular flexibility index (Phi) is 9.21. The minimum atomic E-state index is -1.34. The van der Waals surface area contributed by atoms with Gasteiger partial charge in [0.2, 0.25) is 11.5 Å². The van der Waals surface area contributed by atoms with E-state index in [2.05, 4.69) is 0 Å². The third-order valence-corrected chi connectivity index (χ3v) is 4.85. The molecule has 32 heavy (non-hydrogen) atoms. The van der Waals surface area contributed by atoms with E-state index in [0.717, 1.165) is 0 Å². The van der Waals surface area contributed by atoms with Crippen molar-refractivity contribution in [3.05, 3.63) is 35.4 Å². The van der Waals surface area contributed by atoms with E-state index in [1.807, 2.05) is 0 Å². The molecule has 0 saturated heterocycles. The number of benzene rings is 2. The van der Waals surface area contributed by atoms with E-state index in [1.54, 1.807) is 12.1 Å². The molecule has 0 saturated carbocycles. The molecule has 5 N–H and O–H groups in total. The van der Waals surface area contributed by atoms with Crippen LogP contribution in [-0.2, 0) is 6.42 Å². The van der Waals surface area contributed by atoms with Crippen LogP contribution in [0.25, 0.3) is 0 Å². The molecule has 2 rings (SSSR count). The largest absolute Gasteiger partial charge is 0.502 e. The number of phenols is 1. The molecule has 0 aliphatic carbocycles. The quantitative estimate of drug-likeness (QED) is 0.312. The molecule has 0 aliphatic rings. The Morgan fingerprint density at radius 3 is 1.66 bits per heavy atom. The lowest BCUT2D eigenvalue weighted by molar-refractivity contribution is -0.00186. The van der Waals surface area contributed by atoms with Crippen molar-refractivity contribution in [2.45, 2.75) is 24.7 Å². The molecular formula is C22H30O10. The highest BCUT2D eigenvalue weighted by molar-refractivity contribution is 5.55. The van der Waals surface area contributed by atoms with Crippen LogP contribution in [0, 0.1) is 0 Å². The van der Waals surface area contributed by atoms with E-state index in [0.29, 0.717) is 5.56 Å². The molecule has 0 spiro atoms. The fourth-order valence-corrected chi connectivity index (χ4v) is 3.16. The van der Waals surface area contributed by atoms with E-state index in [-0.39, 0.29) is 46.5 Å². The molecule has 0 amide bonds. The molecule has 10 nitrogen and oxygen atoms in total. The molecule has 0 aromatic heterocycles. The lowest BCUT2D eigenvalue weighted by Crippen LogP contribution is -2.29. The summed E-state index contributed by atoms with van der Waals surface area (Å²) in [5.41, 5.74) is 0.901. The summed E-state index contributed by atoms with van der Waals surface area (Å²) in [4.78, 5) is 0. The Labute approximate surface area is 186 Å². The average Bonchev–Trinajstić information content (AvgIpc) is 2.82. The van der Waals surface area contributed by atoms with Crippen molar-refractivity contribution in [1.29, 1.82) is 0 Å². The van der Waals surface area contributed by atoms with Gasteiger partial charge in [0.05, 0.1) is 47.8 Å². The maximum atomic E-state index is 10.9. The maximum Gasteiger partial charge on any atom is 0.204 e. The summed E-state index contributed by atoms with van der Waals surface area (Å²) in [6, 6.07) is 6.01. The van der Waals surface area contributed by atoms with Gasteiger partial charge in [0, 0.05) is 6.42 Å². The van der Waals surface area contributed by atoms with Gasteiger partial charge in [-0.3, -0.25) is 0 Å². The maximum absolute atomic E-state index is 10.9. The van der Waals surface area contributed by atoms with Gasteiger partial charge >= 0.3 is 0 Å². The van der Waals surface area contributed by atoms with Gasteiger partial charge in [0.25, 0.3) is 0 Å². The van der Waals surface area contributed by atoms with Crippen LogP contribution in [0.2, 0.25) is 0 Å². The average molecular weight is 454 g/mol. The molecule has 0 bridgehead atoms. The third-order valence-electron chi connectivity index (χ3n) is 4.85. The van der Waals surface area contributed by atoms with Gasteiger partial charge in [-0.25, -0.2) is 0 Å². The Bertz CT molecular complexity index is 835. The fraction of sp³-hybridized carbons (Fsp3) is 0.455. The van der Waals surface area contributed by atoms with Gasteiger partial charge in [0.15, 0.2) is 29.1 Å². The number of methoxy groups -OCH3 is 4. The predicted molar refractivity (Wildman–Crippen MR) is 114 cm³/mol. The van der Waals surface area contributed by atoms with Crippen molar-refractivity contribution >= 4 is 0 Å². The Balaban J connectivity index is 2.41. The molecule has 0 radical (unpaired) electrons. The molecular weight excluding hydrogens is 424 g/mol. The first-order valence-electron chi connectivity index (χ1n) is 9.77. The van der Waals surface area contributed by atoms with Crippen LogP contribution in [0.3, 0.4) is 0 Å². The van der Waals surface area contributed by atoms with E-state index in [4.69, 9.17) is 28.8 Å². The van der Waals surface area contributed by atoms with E-state index >= 15 is 0 Å². The third kappa shape index (κ3) is 5.65. The van der Waals surface area contributed by atoms with E-state index in [1.165, 1.54) is 40.6 Å². The second kappa shape index (κ2) is 11.6. The zero-order valence-electron chi connectivity index (χ0n) is 18.4. The van der Waals surface area contributed by atoms with Crippen molar-refractivity contribution in [2.24, 2.45) is 0 Å². The monoisotopic (exact) mass is 454 g/mol. The molecule has 178 valence electrons. The van der Waals surface area contributed by atoms with Crippen LogP contribution in [0.1, 0.15) is 17.2 Å². The van der Waals surface area contributed by atoms with Gasteiger partial charge in [-0.05, 0) is 35.4 Å². The molecule has 0 heterocycles. The van der Waals surface area contributed by atoms with Crippen LogP contribution in [0.15, 0.2) is 24.3 Å². The number of ether oxygens (including phenoxy) is 5.